The number of sulfonamides is 1. The van der Waals surface area contributed by atoms with Crippen molar-refractivity contribution in [2.75, 3.05) is 12.8 Å². The van der Waals surface area contributed by atoms with Gasteiger partial charge in [0.1, 0.15) is 0 Å². The van der Waals surface area contributed by atoms with E-state index >= 15 is 0 Å². The molecule has 2 aromatic carbocycles. The van der Waals surface area contributed by atoms with Crippen molar-refractivity contribution >= 4 is 56.8 Å². The average molecular weight is 490 g/mol. The number of thioether (sulfide) groups is 1. The van der Waals surface area contributed by atoms with E-state index in [1.807, 2.05) is 0 Å². The van der Waals surface area contributed by atoms with Crippen molar-refractivity contribution in [1.82, 2.24) is 15.2 Å². The number of hydrogen-bond donors (Lipinski definition) is 2. The molecule has 11 heteroatoms. The number of rotatable bonds is 7. The molecule has 0 aliphatic carbocycles. The summed E-state index contributed by atoms with van der Waals surface area (Å²) in [6.45, 7) is 3.50. The van der Waals surface area contributed by atoms with Crippen molar-refractivity contribution < 1.29 is 18.0 Å². The summed E-state index contributed by atoms with van der Waals surface area (Å²) in [5.74, 6) is -1.11. The fourth-order valence-corrected chi connectivity index (χ4v) is 4.91. The highest BCUT2D eigenvalue weighted by atomic mass is 35.5. The zero-order valence-electron chi connectivity index (χ0n) is 16.5. The summed E-state index contributed by atoms with van der Waals surface area (Å²) < 4.78 is 26.4. The molecule has 0 saturated heterocycles. The molecule has 2 aromatic rings. The second kappa shape index (κ2) is 10.5. The van der Waals surface area contributed by atoms with Gasteiger partial charge < -0.3 is 0 Å². The maximum absolute atomic E-state index is 12.6. The molecule has 0 saturated carbocycles. The van der Waals surface area contributed by atoms with Gasteiger partial charge in [-0.05, 0) is 50.2 Å². The number of carbonyl (C=O) groups is 2. The lowest BCUT2D eigenvalue weighted by molar-refractivity contribution is -0.119. The van der Waals surface area contributed by atoms with Gasteiger partial charge in [0.05, 0.1) is 15.7 Å². The lowest BCUT2D eigenvalue weighted by Gasteiger charge is -2.21. The average Bonchev–Trinajstić information content (AvgIpc) is 2.71. The smallest absolute Gasteiger partial charge is 0.269 e. The Kier molecular flexibility index (Phi) is 8.57. The third kappa shape index (κ3) is 6.36. The number of hydrogen-bond acceptors (Lipinski definition) is 5. The van der Waals surface area contributed by atoms with Crippen LogP contribution < -0.4 is 10.9 Å². The number of amides is 2. The zero-order chi connectivity index (χ0) is 22.5. The highest BCUT2D eigenvalue weighted by Crippen LogP contribution is 2.29. The van der Waals surface area contributed by atoms with E-state index in [2.05, 4.69) is 10.9 Å². The summed E-state index contributed by atoms with van der Waals surface area (Å²) in [4.78, 5) is 25.0. The summed E-state index contributed by atoms with van der Waals surface area (Å²) in [6.07, 6.45) is 0. The molecule has 30 heavy (non-hydrogen) atoms. The first-order chi connectivity index (χ1) is 14.0. The Morgan fingerprint density at radius 2 is 1.80 bits per heavy atom. The van der Waals surface area contributed by atoms with E-state index in [4.69, 9.17) is 23.2 Å². The molecular formula is C19H21Cl2N3O4S2. The van der Waals surface area contributed by atoms with E-state index < -0.39 is 21.8 Å². The summed E-state index contributed by atoms with van der Waals surface area (Å²) in [7, 11) is -2.26. The Labute approximate surface area is 190 Å². The molecule has 162 valence electrons. The molecule has 0 aliphatic heterocycles. The van der Waals surface area contributed by atoms with Crippen LogP contribution in [0.15, 0.2) is 52.3 Å². The molecule has 0 spiro atoms. The Bertz CT molecular complexity index is 1050. The molecule has 0 aromatic heterocycles. The lowest BCUT2D eigenvalue weighted by Crippen LogP contribution is -2.42. The minimum absolute atomic E-state index is 0.00601. The zero-order valence-corrected chi connectivity index (χ0v) is 19.6. The monoisotopic (exact) mass is 489 g/mol. The first kappa shape index (κ1) is 24.5. The first-order valence-electron chi connectivity index (χ1n) is 8.77. The number of carbonyl (C=O) groups excluding carboxylic acids is 2. The number of benzene rings is 2. The Balaban J connectivity index is 1.98. The van der Waals surface area contributed by atoms with Gasteiger partial charge in [0.2, 0.25) is 15.9 Å². The number of halogens is 2. The molecule has 0 bridgehead atoms. The summed E-state index contributed by atoms with van der Waals surface area (Å²) in [5, 5.41) is 0.958. The number of hydrazine groups is 1. The molecular weight excluding hydrogens is 469 g/mol. The molecule has 0 fully saturated rings. The standard InChI is InChI=1S/C19H21Cl2N3O4S2/c1-12(2)24(3)30(27,28)15-6-4-5-13(9-15)19(26)23-22-18(25)11-29-17-10-14(20)7-8-16(17)21/h4-10,12H,11H2,1-3H3,(H,22,25)(H,23,26). The molecule has 7 nitrogen and oxygen atoms in total. The third-order valence-corrected chi connectivity index (χ3v) is 7.83. The number of nitrogens with one attached hydrogen (secondary N) is 2. The largest absolute Gasteiger partial charge is 0.272 e. The Hall–Kier alpha value is -1.78. The first-order valence-corrected chi connectivity index (χ1v) is 12.0. The van der Waals surface area contributed by atoms with Gasteiger partial charge in [0, 0.05) is 28.6 Å². The molecule has 0 aliphatic rings. The van der Waals surface area contributed by atoms with Crippen molar-refractivity contribution in [3.05, 3.63) is 58.1 Å². The molecule has 2 N–H and O–H groups in total. The van der Waals surface area contributed by atoms with Gasteiger partial charge in [0.15, 0.2) is 0 Å². The topological polar surface area (TPSA) is 95.6 Å². The normalized spacial score (nSPS) is 11.6. The van der Waals surface area contributed by atoms with Crippen LogP contribution in [0, 0.1) is 0 Å². The summed E-state index contributed by atoms with van der Waals surface area (Å²) in [6, 6.07) is 10.3. The van der Waals surface area contributed by atoms with Gasteiger partial charge in [-0.2, -0.15) is 4.31 Å². The maximum atomic E-state index is 12.6. The van der Waals surface area contributed by atoms with E-state index in [0.717, 1.165) is 11.8 Å². The van der Waals surface area contributed by atoms with Crippen molar-refractivity contribution in [3.63, 3.8) is 0 Å². The van der Waals surface area contributed by atoms with Gasteiger partial charge >= 0.3 is 0 Å². The molecule has 0 unspecified atom stereocenters. The SMILES string of the molecule is CC(C)N(C)S(=O)(=O)c1cccc(C(=O)NNC(=O)CSc2cc(Cl)ccc2Cl)c1. The highest BCUT2D eigenvalue weighted by molar-refractivity contribution is 8.00. The van der Waals surface area contributed by atoms with Crippen LogP contribution in [-0.4, -0.2) is 43.4 Å². The van der Waals surface area contributed by atoms with E-state index in [1.54, 1.807) is 32.0 Å². The van der Waals surface area contributed by atoms with Crippen molar-refractivity contribution in [3.8, 4) is 0 Å². The van der Waals surface area contributed by atoms with Gasteiger partial charge in [0.25, 0.3) is 5.91 Å². The van der Waals surface area contributed by atoms with Crippen LogP contribution in [0.1, 0.15) is 24.2 Å². The fourth-order valence-electron chi connectivity index (χ4n) is 2.21. The molecule has 0 radical (unpaired) electrons. The number of nitrogens with zero attached hydrogens (tertiary/aromatic N) is 1. The van der Waals surface area contributed by atoms with Crippen molar-refractivity contribution in [1.29, 1.82) is 0 Å². The van der Waals surface area contributed by atoms with Gasteiger partial charge in [-0.3, -0.25) is 20.4 Å². The summed E-state index contributed by atoms with van der Waals surface area (Å²) >= 11 is 13.1. The second-order valence-electron chi connectivity index (χ2n) is 6.51. The quantitative estimate of drug-likeness (QED) is 0.457. The maximum Gasteiger partial charge on any atom is 0.269 e. The molecule has 0 heterocycles. The van der Waals surface area contributed by atoms with Crippen LogP contribution in [0.3, 0.4) is 0 Å². The molecule has 2 rings (SSSR count). The van der Waals surface area contributed by atoms with Crippen LogP contribution >= 0.6 is 35.0 Å². The minimum atomic E-state index is -3.73. The third-order valence-electron chi connectivity index (χ3n) is 4.07. The van der Waals surface area contributed by atoms with Crippen molar-refractivity contribution in [2.24, 2.45) is 0 Å². The Morgan fingerprint density at radius 3 is 2.47 bits per heavy atom. The van der Waals surface area contributed by atoms with Crippen LogP contribution in [0.5, 0.6) is 0 Å². The van der Waals surface area contributed by atoms with Gasteiger partial charge in [-0.25, -0.2) is 8.42 Å². The van der Waals surface area contributed by atoms with Crippen LogP contribution in [0.25, 0.3) is 0 Å². The van der Waals surface area contributed by atoms with Gasteiger partial charge in [-0.1, -0.05) is 29.3 Å². The van der Waals surface area contributed by atoms with E-state index in [-0.39, 0.29) is 22.3 Å². The summed E-state index contributed by atoms with van der Waals surface area (Å²) in [5.41, 5.74) is 4.66. The van der Waals surface area contributed by atoms with Gasteiger partial charge in [-0.15, -0.1) is 11.8 Å². The Morgan fingerprint density at radius 1 is 1.10 bits per heavy atom. The van der Waals surface area contributed by atoms with E-state index in [1.165, 1.54) is 35.6 Å². The fraction of sp³-hybridized carbons (Fsp3) is 0.263. The predicted molar refractivity (Wildman–Crippen MR) is 119 cm³/mol. The van der Waals surface area contributed by atoms with Crippen LogP contribution in [-0.2, 0) is 14.8 Å². The van der Waals surface area contributed by atoms with Crippen molar-refractivity contribution in [2.45, 2.75) is 29.7 Å². The van der Waals surface area contributed by atoms with Crippen LogP contribution in [0.4, 0.5) is 0 Å². The lowest BCUT2D eigenvalue weighted by atomic mass is 10.2. The highest BCUT2D eigenvalue weighted by Gasteiger charge is 2.24. The molecule has 0 atom stereocenters. The van der Waals surface area contributed by atoms with Crippen LogP contribution in [0.2, 0.25) is 10.0 Å². The minimum Gasteiger partial charge on any atom is -0.272 e. The molecule has 2 amide bonds. The predicted octanol–water partition coefficient (Wildman–Crippen LogP) is 3.58. The second-order valence-corrected chi connectivity index (χ2v) is 10.4. The van der Waals surface area contributed by atoms with E-state index in [0.29, 0.717) is 14.9 Å². The van der Waals surface area contributed by atoms with E-state index in [9.17, 15) is 18.0 Å².